The summed E-state index contributed by atoms with van der Waals surface area (Å²) in [5.74, 6) is -0.00449. The van der Waals surface area contributed by atoms with Crippen molar-refractivity contribution in [3.05, 3.63) is 35.9 Å². The summed E-state index contributed by atoms with van der Waals surface area (Å²) in [6.07, 6.45) is 26.7. The molecule has 0 saturated heterocycles. The van der Waals surface area contributed by atoms with Crippen molar-refractivity contribution in [1.82, 2.24) is 0 Å². The van der Waals surface area contributed by atoms with Crippen molar-refractivity contribution in [3.63, 3.8) is 0 Å². The highest BCUT2D eigenvalue weighted by Crippen LogP contribution is 2.15. The van der Waals surface area contributed by atoms with Crippen molar-refractivity contribution in [2.24, 2.45) is 0 Å². The van der Waals surface area contributed by atoms with E-state index in [0.29, 0.717) is 6.42 Å². The van der Waals surface area contributed by atoms with Gasteiger partial charge in [-0.3, -0.25) is 4.79 Å². The maximum atomic E-state index is 11.3. The Bertz CT molecular complexity index is 523. The van der Waals surface area contributed by atoms with Gasteiger partial charge in [0.25, 0.3) is 0 Å². The van der Waals surface area contributed by atoms with E-state index in [1.165, 1.54) is 121 Å². The van der Waals surface area contributed by atoms with Crippen LogP contribution < -0.4 is 0 Å². The zero-order chi connectivity index (χ0) is 23.1. The highest BCUT2D eigenvalue weighted by Gasteiger charge is 2.07. The van der Waals surface area contributed by atoms with Gasteiger partial charge in [0, 0.05) is 6.42 Å². The minimum Gasteiger partial charge on any atom is -0.386 e. The molecule has 32 heavy (non-hydrogen) atoms. The van der Waals surface area contributed by atoms with E-state index in [0.717, 1.165) is 12.8 Å². The Morgan fingerprint density at radius 2 is 0.938 bits per heavy atom. The third kappa shape index (κ3) is 18.4. The van der Waals surface area contributed by atoms with Crippen molar-refractivity contribution in [3.8, 4) is 0 Å². The first-order chi connectivity index (χ1) is 15.7. The van der Waals surface area contributed by atoms with Gasteiger partial charge in [-0.05, 0) is 31.7 Å². The van der Waals surface area contributed by atoms with Gasteiger partial charge in [-0.2, -0.15) is 0 Å². The van der Waals surface area contributed by atoms with Crippen LogP contribution in [0.2, 0.25) is 0 Å². The second-order valence-corrected chi connectivity index (χ2v) is 9.85. The van der Waals surface area contributed by atoms with Crippen LogP contribution in [-0.4, -0.2) is 17.0 Å². The van der Waals surface area contributed by atoms with Crippen LogP contribution in [0.1, 0.15) is 141 Å². The molecule has 2 nitrogen and oxygen atoms in total. The van der Waals surface area contributed by atoms with E-state index >= 15 is 0 Å². The Morgan fingerprint density at radius 1 is 0.594 bits per heavy atom. The van der Waals surface area contributed by atoms with E-state index < -0.39 is 6.10 Å². The number of aliphatic hydroxyl groups is 1. The number of hydrogen-bond donors (Lipinski definition) is 1. The van der Waals surface area contributed by atoms with Crippen LogP contribution in [0, 0.1) is 0 Å². The molecule has 1 aromatic carbocycles. The molecule has 0 aliphatic rings. The first-order valence-corrected chi connectivity index (χ1v) is 13.9. The third-order valence-electron chi connectivity index (χ3n) is 6.70. The molecule has 0 fully saturated rings. The van der Waals surface area contributed by atoms with Crippen molar-refractivity contribution < 1.29 is 9.90 Å². The van der Waals surface area contributed by atoms with E-state index in [4.69, 9.17) is 5.11 Å². The monoisotopic (exact) mass is 444 g/mol. The van der Waals surface area contributed by atoms with E-state index in [-0.39, 0.29) is 5.78 Å². The number of benzene rings is 1. The molecule has 1 N–H and O–H groups in total. The molecule has 0 radical (unpaired) electrons. The van der Waals surface area contributed by atoms with E-state index in [1.807, 2.05) is 0 Å². The third-order valence-corrected chi connectivity index (χ3v) is 6.70. The fourth-order valence-corrected chi connectivity index (χ4v) is 4.49. The number of hydrogen-bond acceptors (Lipinski definition) is 2. The summed E-state index contributed by atoms with van der Waals surface area (Å²) in [5, 5.41) is 9.16. The van der Waals surface area contributed by atoms with Crippen molar-refractivity contribution >= 4 is 5.78 Å². The molecule has 0 saturated carbocycles. The number of rotatable bonds is 23. The second-order valence-electron chi connectivity index (χ2n) is 9.85. The lowest BCUT2D eigenvalue weighted by molar-refractivity contribution is -0.126. The smallest absolute Gasteiger partial charge is 0.160 e. The molecule has 0 aliphatic carbocycles. The highest BCUT2D eigenvalue weighted by atomic mass is 16.3. The summed E-state index contributed by atoms with van der Waals surface area (Å²) in [6, 6.07) is 10.9. The van der Waals surface area contributed by atoms with Gasteiger partial charge in [0.15, 0.2) is 5.78 Å². The van der Waals surface area contributed by atoms with Gasteiger partial charge in [0.2, 0.25) is 0 Å². The van der Waals surface area contributed by atoms with Crippen LogP contribution in [0.25, 0.3) is 0 Å². The summed E-state index contributed by atoms with van der Waals surface area (Å²) in [7, 11) is 0. The standard InChI is InChI=1S/C30H52O2/c1-28(31)30(32)27-23-18-16-14-12-10-8-6-4-2-3-5-7-9-11-13-15-17-20-24-29-25-21-19-22-26-29/h19,21-22,25-26,28,31H,2-18,20,23-24,27H2,1H3. The van der Waals surface area contributed by atoms with Gasteiger partial charge < -0.3 is 5.11 Å². The molecule has 0 aromatic heterocycles. The van der Waals surface area contributed by atoms with E-state index in [1.54, 1.807) is 6.92 Å². The van der Waals surface area contributed by atoms with E-state index in [9.17, 15) is 4.79 Å². The van der Waals surface area contributed by atoms with Crippen LogP contribution in [-0.2, 0) is 11.2 Å². The Morgan fingerprint density at radius 3 is 1.31 bits per heavy atom. The number of aliphatic hydroxyl groups excluding tert-OH is 1. The molecule has 2 heteroatoms. The number of carbonyl (C=O) groups is 1. The van der Waals surface area contributed by atoms with Crippen LogP contribution in [0.5, 0.6) is 0 Å². The Labute approximate surface area is 199 Å². The quantitative estimate of drug-likeness (QED) is 0.171. The minimum absolute atomic E-state index is 0.00449. The molecule has 0 bridgehead atoms. The summed E-state index contributed by atoms with van der Waals surface area (Å²) in [6.45, 7) is 1.57. The number of unbranched alkanes of at least 4 members (excludes halogenated alkanes) is 18. The average molecular weight is 445 g/mol. The molecule has 1 aromatic rings. The fourth-order valence-electron chi connectivity index (χ4n) is 4.49. The number of carbonyl (C=O) groups excluding carboxylic acids is 1. The maximum absolute atomic E-state index is 11.3. The minimum atomic E-state index is -0.777. The van der Waals surface area contributed by atoms with Crippen molar-refractivity contribution in [1.29, 1.82) is 0 Å². The first-order valence-electron chi connectivity index (χ1n) is 13.9. The highest BCUT2D eigenvalue weighted by molar-refractivity contribution is 5.82. The predicted octanol–water partition coefficient (Wildman–Crippen LogP) is 8.98. The number of aryl methyl sites for hydroxylation is 1. The number of ketones is 1. The molecular formula is C30H52O2. The van der Waals surface area contributed by atoms with Crippen LogP contribution >= 0.6 is 0 Å². The largest absolute Gasteiger partial charge is 0.386 e. The molecule has 0 aliphatic heterocycles. The Balaban J connectivity index is 1.68. The molecule has 1 atom stereocenters. The fraction of sp³-hybridized carbons (Fsp3) is 0.767. The topological polar surface area (TPSA) is 37.3 Å². The van der Waals surface area contributed by atoms with Gasteiger partial charge >= 0.3 is 0 Å². The second kappa shape index (κ2) is 21.7. The van der Waals surface area contributed by atoms with Gasteiger partial charge in [-0.25, -0.2) is 0 Å². The number of Topliss-reactive ketones (excluding diaryl/α,β-unsaturated/α-hetero) is 1. The summed E-state index contributed by atoms with van der Waals surface area (Å²) in [4.78, 5) is 11.3. The predicted molar refractivity (Wildman–Crippen MR) is 139 cm³/mol. The van der Waals surface area contributed by atoms with Crippen LogP contribution in [0.15, 0.2) is 30.3 Å². The lowest BCUT2D eigenvalue weighted by atomic mass is 10.0. The molecule has 1 rings (SSSR count). The Kier molecular flexibility index (Phi) is 19.6. The van der Waals surface area contributed by atoms with Gasteiger partial charge in [0.1, 0.15) is 6.10 Å². The van der Waals surface area contributed by atoms with Crippen molar-refractivity contribution in [2.45, 2.75) is 148 Å². The lowest BCUT2D eigenvalue weighted by Gasteiger charge is -2.05. The molecule has 0 amide bonds. The first kappa shape index (κ1) is 28.9. The molecule has 0 spiro atoms. The summed E-state index contributed by atoms with van der Waals surface area (Å²) < 4.78 is 0. The summed E-state index contributed by atoms with van der Waals surface area (Å²) >= 11 is 0. The molecule has 1 unspecified atom stereocenters. The Hall–Kier alpha value is -1.15. The SMILES string of the molecule is CC(O)C(=O)CCCCCCCCCCCCCCCCCCCCCc1ccccc1. The van der Waals surface area contributed by atoms with Gasteiger partial charge in [-0.15, -0.1) is 0 Å². The zero-order valence-electron chi connectivity index (χ0n) is 21.2. The summed E-state index contributed by atoms with van der Waals surface area (Å²) in [5.41, 5.74) is 1.49. The molecular weight excluding hydrogens is 392 g/mol. The van der Waals surface area contributed by atoms with Crippen LogP contribution in [0.3, 0.4) is 0 Å². The molecule has 0 heterocycles. The zero-order valence-corrected chi connectivity index (χ0v) is 21.2. The van der Waals surface area contributed by atoms with E-state index in [2.05, 4.69) is 30.3 Å². The average Bonchev–Trinajstić information content (AvgIpc) is 2.80. The maximum Gasteiger partial charge on any atom is 0.160 e. The molecule has 184 valence electrons. The van der Waals surface area contributed by atoms with Gasteiger partial charge in [-0.1, -0.05) is 139 Å². The normalized spacial score (nSPS) is 12.2. The van der Waals surface area contributed by atoms with Crippen LogP contribution in [0.4, 0.5) is 0 Å². The van der Waals surface area contributed by atoms with Gasteiger partial charge in [0.05, 0.1) is 0 Å². The lowest BCUT2D eigenvalue weighted by Crippen LogP contribution is -2.15. The van der Waals surface area contributed by atoms with Crippen molar-refractivity contribution in [2.75, 3.05) is 0 Å².